The summed E-state index contributed by atoms with van der Waals surface area (Å²) in [7, 11) is 0. The minimum atomic E-state index is 0.454. The van der Waals surface area contributed by atoms with E-state index in [9.17, 15) is 0 Å². The molecule has 0 spiro atoms. The third-order valence-electron chi connectivity index (χ3n) is 3.99. The maximum atomic E-state index is 5.89. The van der Waals surface area contributed by atoms with Crippen LogP contribution in [0.2, 0.25) is 0 Å². The summed E-state index contributed by atoms with van der Waals surface area (Å²) < 4.78 is 5.89. The van der Waals surface area contributed by atoms with Crippen molar-refractivity contribution >= 4 is 0 Å². The highest BCUT2D eigenvalue weighted by Crippen LogP contribution is 2.14. The van der Waals surface area contributed by atoms with Crippen LogP contribution in [-0.4, -0.2) is 22.6 Å². The van der Waals surface area contributed by atoms with Gasteiger partial charge in [-0.2, -0.15) is 9.89 Å². The molecule has 0 radical (unpaired) electrons. The Hall–Kier alpha value is -1.03. The third-order valence-corrected chi connectivity index (χ3v) is 3.99. The van der Waals surface area contributed by atoms with Crippen molar-refractivity contribution in [1.29, 1.82) is 0 Å². The first kappa shape index (κ1) is 17.0. The zero-order valence-electron chi connectivity index (χ0n) is 13.6. The molecule has 1 aromatic rings. The molecule has 0 amide bonds. The Kier molecular flexibility index (Phi) is 7.67. The van der Waals surface area contributed by atoms with E-state index in [1.54, 1.807) is 0 Å². The van der Waals surface area contributed by atoms with Gasteiger partial charge < -0.3 is 10.6 Å². The lowest BCUT2D eigenvalue weighted by atomic mass is 10.1. The average Bonchev–Trinajstić information content (AvgIpc) is 2.67. The molecule has 0 saturated heterocycles. The number of aryl methyl sites for hydroxylation is 1. The summed E-state index contributed by atoms with van der Waals surface area (Å²) in [5.41, 5.74) is 3.44. The van der Waals surface area contributed by atoms with Gasteiger partial charge in [-0.15, -0.1) is 0 Å². The van der Waals surface area contributed by atoms with Gasteiger partial charge in [0.25, 0.3) is 0 Å². The largest absolute Gasteiger partial charge is 0.378 e. The number of hydrogen-bond acceptors (Lipinski definition) is 3. The molecule has 4 heteroatoms. The van der Waals surface area contributed by atoms with E-state index in [1.165, 1.54) is 35.3 Å². The van der Waals surface area contributed by atoms with Gasteiger partial charge in [0.05, 0.1) is 17.5 Å². The topological polar surface area (TPSA) is 53.1 Å². The van der Waals surface area contributed by atoms with E-state index in [0.29, 0.717) is 6.10 Å². The zero-order chi connectivity index (χ0) is 15.0. The zero-order valence-corrected chi connectivity index (χ0v) is 13.6. The molecule has 0 bridgehead atoms. The van der Waals surface area contributed by atoms with E-state index < -0.39 is 0 Å². The summed E-state index contributed by atoms with van der Waals surface area (Å²) in [5.74, 6) is 5.86. The first-order valence-corrected chi connectivity index (χ1v) is 8.01. The van der Waals surface area contributed by atoms with Crippen LogP contribution in [0.15, 0.2) is 0 Å². The SMILES string of the molecule is CCCC(CC)OCCCCCc1c(C)c(C)nn1N. The van der Waals surface area contributed by atoms with Crippen molar-refractivity contribution in [3.05, 3.63) is 17.0 Å². The summed E-state index contributed by atoms with van der Waals surface area (Å²) in [5, 5.41) is 4.25. The molecule has 0 aliphatic heterocycles. The molecule has 1 atom stereocenters. The van der Waals surface area contributed by atoms with Crippen LogP contribution in [0.3, 0.4) is 0 Å². The smallest absolute Gasteiger partial charge is 0.0649 e. The van der Waals surface area contributed by atoms with Crippen LogP contribution >= 0.6 is 0 Å². The van der Waals surface area contributed by atoms with E-state index in [-0.39, 0.29) is 0 Å². The molecule has 116 valence electrons. The van der Waals surface area contributed by atoms with E-state index in [1.807, 2.05) is 6.92 Å². The highest BCUT2D eigenvalue weighted by Gasteiger charge is 2.09. The molecule has 1 rings (SSSR count). The highest BCUT2D eigenvalue weighted by atomic mass is 16.5. The molecule has 0 fully saturated rings. The molecule has 1 heterocycles. The lowest BCUT2D eigenvalue weighted by molar-refractivity contribution is 0.0420. The lowest BCUT2D eigenvalue weighted by Crippen LogP contribution is -2.14. The van der Waals surface area contributed by atoms with Gasteiger partial charge in [-0.05, 0) is 51.5 Å². The summed E-state index contributed by atoms with van der Waals surface area (Å²) in [6.07, 6.45) is 8.45. The van der Waals surface area contributed by atoms with Crippen molar-refractivity contribution < 1.29 is 4.74 Å². The summed E-state index contributed by atoms with van der Waals surface area (Å²) >= 11 is 0. The first-order valence-electron chi connectivity index (χ1n) is 8.01. The van der Waals surface area contributed by atoms with Crippen molar-refractivity contribution in [3.63, 3.8) is 0 Å². The summed E-state index contributed by atoms with van der Waals surface area (Å²) in [4.78, 5) is 1.54. The van der Waals surface area contributed by atoms with Gasteiger partial charge >= 0.3 is 0 Å². The second kappa shape index (κ2) is 9.01. The van der Waals surface area contributed by atoms with Crippen LogP contribution in [0, 0.1) is 13.8 Å². The van der Waals surface area contributed by atoms with Gasteiger partial charge in [-0.3, -0.25) is 0 Å². The molecular weight excluding hydrogens is 250 g/mol. The highest BCUT2D eigenvalue weighted by molar-refractivity contribution is 5.23. The van der Waals surface area contributed by atoms with Crippen molar-refractivity contribution in [2.24, 2.45) is 0 Å². The minimum Gasteiger partial charge on any atom is -0.378 e. The number of rotatable bonds is 10. The summed E-state index contributed by atoms with van der Waals surface area (Å²) in [6.45, 7) is 9.41. The minimum absolute atomic E-state index is 0.454. The molecule has 1 unspecified atom stereocenters. The lowest BCUT2D eigenvalue weighted by Gasteiger charge is -2.14. The normalized spacial score (nSPS) is 12.8. The van der Waals surface area contributed by atoms with Gasteiger partial charge in [-0.25, -0.2) is 0 Å². The van der Waals surface area contributed by atoms with Crippen LogP contribution in [0.4, 0.5) is 0 Å². The first-order chi connectivity index (χ1) is 9.60. The number of nitrogen functional groups attached to an aromatic ring is 1. The molecule has 0 aromatic carbocycles. The fourth-order valence-electron chi connectivity index (χ4n) is 2.53. The van der Waals surface area contributed by atoms with Gasteiger partial charge in [0.15, 0.2) is 0 Å². The fourth-order valence-corrected chi connectivity index (χ4v) is 2.53. The Balaban J connectivity index is 2.16. The molecule has 20 heavy (non-hydrogen) atoms. The van der Waals surface area contributed by atoms with Gasteiger partial charge in [-0.1, -0.05) is 26.7 Å². The molecule has 0 aliphatic carbocycles. The Morgan fingerprint density at radius 2 is 1.95 bits per heavy atom. The van der Waals surface area contributed by atoms with Gasteiger partial charge in [0.1, 0.15) is 0 Å². The molecule has 0 saturated carbocycles. The fraction of sp³-hybridized carbons (Fsp3) is 0.812. The van der Waals surface area contributed by atoms with Crippen LogP contribution < -0.4 is 5.84 Å². The second-order valence-electron chi connectivity index (χ2n) is 5.60. The average molecular weight is 281 g/mol. The van der Waals surface area contributed by atoms with E-state index in [4.69, 9.17) is 10.6 Å². The van der Waals surface area contributed by atoms with Crippen LogP contribution in [-0.2, 0) is 11.2 Å². The van der Waals surface area contributed by atoms with Gasteiger partial charge in [0, 0.05) is 6.61 Å². The van der Waals surface area contributed by atoms with Crippen molar-refractivity contribution in [3.8, 4) is 0 Å². The molecular formula is C16H31N3O. The maximum Gasteiger partial charge on any atom is 0.0649 e. The number of aromatic nitrogens is 2. The number of hydrogen-bond donors (Lipinski definition) is 1. The molecule has 1 aromatic heterocycles. The Morgan fingerprint density at radius 3 is 2.50 bits per heavy atom. The number of nitrogens with two attached hydrogens (primary N) is 1. The Labute approximate surface area is 123 Å². The maximum absolute atomic E-state index is 5.89. The Morgan fingerprint density at radius 1 is 1.20 bits per heavy atom. The van der Waals surface area contributed by atoms with Crippen LogP contribution in [0.1, 0.15) is 69.3 Å². The Bertz CT molecular complexity index is 387. The number of unbranched alkanes of at least 4 members (excludes halogenated alkanes) is 2. The predicted octanol–water partition coefficient (Wildman–Crippen LogP) is 3.52. The second-order valence-corrected chi connectivity index (χ2v) is 5.60. The summed E-state index contributed by atoms with van der Waals surface area (Å²) in [6, 6.07) is 0. The van der Waals surface area contributed by atoms with Crippen molar-refractivity contribution in [2.45, 2.75) is 78.7 Å². The van der Waals surface area contributed by atoms with E-state index in [0.717, 1.165) is 38.0 Å². The van der Waals surface area contributed by atoms with Crippen LogP contribution in [0.5, 0.6) is 0 Å². The number of nitrogens with zero attached hydrogens (tertiary/aromatic N) is 2. The van der Waals surface area contributed by atoms with E-state index >= 15 is 0 Å². The standard InChI is InChI=1S/C16H31N3O/c1-5-10-15(6-2)20-12-9-7-8-11-16-13(3)14(4)18-19(16)17/h15H,5-12,17H2,1-4H3. The van der Waals surface area contributed by atoms with E-state index in [2.05, 4.69) is 25.9 Å². The van der Waals surface area contributed by atoms with Crippen molar-refractivity contribution in [1.82, 2.24) is 9.89 Å². The third kappa shape index (κ3) is 5.16. The predicted molar refractivity (Wildman–Crippen MR) is 84.3 cm³/mol. The van der Waals surface area contributed by atoms with Crippen molar-refractivity contribution in [2.75, 3.05) is 12.4 Å². The molecule has 4 nitrogen and oxygen atoms in total. The quantitative estimate of drug-likeness (QED) is 0.527. The molecule has 2 N–H and O–H groups in total. The van der Waals surface area contributed by atoms with Crippen LogP contribution in [0.25, 0.3) is 0 Å². The van der Waals surface area contributed by atoms with Gasteiger partial charge in [0.2, 0.25) is 0 Å². The number of ether oxygens (including phenoxy) is 1. The molecule has 0 aliphatic rings. The monoisotopic (exact) mass is 281 g/mol.